The first-order valence-electron chi connectivity index (χ1n) is 8.66. The summed E-state index contributed by atoms with van der Waals surface area (Å²) in [5, 5.41) is 4.33. The quantitative estimate of drug-likeness (QED) is 0.790. The van der Waals surface area contributed by atoms with Gasteiger partial charge in [0.2, 0.25) is 5.91 Å². The number of nitrogens with one attached hydrogen (secondary N) is 1. The molecule has 0 aromatic heterocycles. The number of nitrogens with zero attached hydrogens (tertiary/aromatic N) is 1. The lowest BCUT2D eigenvalue weighted by molar-refractivity contribution is -0.121. The Morgan fingerprint density at radius 1 is 1.19 bits per heavy atom. The highest BCUT2D eigenvalue weighted by Crippen LogP contribution is 2.26. The van der Waals surface area contributed by atoms with Crippen LogP contribution in [0.4, 0.5) is 5.69 Å². The van der Waals surface area contributed by atoms with E-state index in [-0.39, 0.29) is 11.8 Å². The average molecular weight is 393 g/mol. The van der Waals surface area contributed by atoms with Crippen LogP contribution >= 0.6 is 23.2 Å². The molecular formula is C20H22Cl2N2O2. The topological polar surface area (TPSA) is 41.6 Å². The van der Waals surface area contributed by atoms with Crippen LogP contribution in [0.1, 0.15) is 18.4 Å². The summed E-state index contributed by atoms with van der Waals surface area (Å²) < 4.78 is 5.19. The standard InChI is InChI=1S/C20H22Cl2N2O2/c1-26-18-4-2-3-17(12-18)23-20(25)14-7-9-24(10-8-14)13-15-5-6-16(21)11-19(15)22/h2-6,11-12,14H,7-10,13H2,1H3,(H,23,25). The minimum atomic E-state index is 0.0261. The first-order valence-corrected chi connectivity index (χ1v) is 9.42. The SMILES string of the molecule is COc1cccc(NC(=O)C2CCN(Cc3ccc(Cl)cc3Cl)CC2)c1. The number of methoxy groups -OCH3 is 1. The molecule has 0 saturated carbocycles. The third-order valence-corrected chi connectivity index (χ3v) is 5.29. The molecule has 0 unspecified atom stereocenters. The van der Waals surface area contributed by atoms with Crippen LogP contribution in [-0.4, -0.2) is 31.0 Å². The number of piperidine rings is 1. The van der Waals surface area contributed by atoms with Gasteiger partial charge in [-0.2, -0.15) is 0 Å². The van der Waals surface area contributed by atoms with Crippen molar-refractivity contribution in [1.82, 2.24) is 4.90 Å². The summed E-state index contributed by atoms with van der Waals surface area (Å²) in [4.78, 5) is 14.8. The van der Waals surface area contributed by atoms with E-state index in [1.165, 1.54) is 0 Å². The molecule has 0 aliphatic carbocycles. The average Bonchev–Trinajstić information content (AvgIpc) is 2.64. The first-order chi connectivity index (χ1) is 12.5. The van der Waals surface area contributed by atoms with Gasteiger partial charge in [0.05, 0.1) is 7.11 Å². The Balaban J connectivity index is 1.52. The second-order valence-electron chi connectivity index (χ2n) is 6.51. The fraction of sp³-hybridized carbons (Fsp3) is 0.350. The third kappa shape index (κ3) is 4.91. The fourth-order valence-corrected chi connectivity index (χ4v) is 3.66. The minimum absolute atomic E-state index is 0.0261. The second kappa shape index (κ2) is 8.76. The maximum atomic E-state index is 12.5. The normalized spacial score (nSPS) is 15.7. The molecule has 0 radical (unpaired) electrons. The number of carbonyl (C=O) groups excluding carboxylic acids is 1. The smallest absolute Gasteiger partial charge is 0.227 e. The predicted octanol–water partition coefficient (Wildman–Crippen LogP) is 4.85. The Hall–Kier alpha value is -1.75. The molecule has 1 amide bonds. The highest BCUT2D eigenvalue weighted by molar-refractivity contribution is 6.35. The molecule has 1 fully saturated rings. The Kier molecular flexibility index (Phi) is 6.41. The molecule has 1 N–H and O–H groups in total. The number of rotatable bonds is 5. The van der Waals surface area contributed by atoms with Gasteiger partial charge in [-0.25, -0.2) is 0 Å². The molecule has 6 heteroatoms. The van der Waals surface area contributed by atoms with Crippen molar-refractivity contribution in [2.75, 3.05) is 25.5 Å². The number of carbonyl (C=O) groups is 1. The summed E-state index contributed by atoms with van der Waals surface area (Å²) in [6, 6.07) is 13.0. The summed E-state index contributed by atoms with van der Waals surface area (Å²) in [6.45, 7) is 2.52. The van der Waals surface area contributed by atoms with E-state index in [2.05, 4.69) is 10.2 Å². The first kappa shape index (κ1) is 19.0. The summed E-state index contributed by atoms with van der Waals surface area (Å²) in [7, 11) is 1.61. The third-order valence-electron chi connectivity index (χ3n) is 4.70. The molecule has 3 rings (SSSR count). The number of amides is 1. The van der Waals surface area contributed by atoms with Gasteiger partial charge in [0, 0.05) is 34.3 Å². The largest absolute Gasteiger partial charge is 0.497 e. The van der Waals surface area contributed by atoms with Crippen molar-refractivity contribution in [3.8, 4) is 5.75 Å². The van der Waals surface area contributed by atoms with Crippen LogP contribution in [0.25, 0.3) is 0 Å². The predicted molar refractivity (Wildman–Crippen MR) is 106 cm³/mol. The fourth-order valence-electron chi connectivity index (χ4n) is 3.19. The molecule has 0 bridgehead atoms. The minimum Gasteiger partial charge on any atom is -0.497 e. The zero-order chi connectivity index (χ0) is 18.5. The van der Waals surface area contributed by atoms with Crippen LogP contribution in [-0.2, 0) is 11.3 Å². The maximum Gasteiger partial charge on any atom is 0.227 e. The Bertz CT molecular complexity index is 774. The van der Waals surface area contributed by atoms with Crippen molar-refractivity contribution in [1.29, 1.82) is 0 Å². The monoisotopic (exact) mass is 392 g/mol. The van der Waals surface area contributed by atoms with Crippen LogP contribution in [0.3, 0.4) is 0 Å². The lowest BCUT2D eigenvalue weighted by Crippen LogP contribution is -2.37. The van der Waals surface area contributed by atoms with Crippen molar-refractivity contribution < 1.29 is 9.53 Å². The van der Waals surface area contributed by atoms with E-state index in [0.29, 0.717) is 10.0 Å². The van der Waals surface area contributed by atoms with Crippen LogP contribution in [0.5, 0.6) is 5.75 Å². The van der Waals surface area contributed by atoms with Crippen molar-refractivity contribution in [2.45, 2.75) is 19.4 Å². The van der Waals surface area contributed by atoms with Gasteiger partial charge >= 0.3 is 0 Å². The van der Waals surface area contributed by atoms with Gasteiger partial charge in [0.25, 0.3) is 0 Å². The van der Waals surface area contributed by atoms with Gasteiger partial charge in [0.15, 0.2) is 0 Å². The Labute approximate surface area is 164 Å². The lowest BCUT2D eigenvalue weighted by atomic mass is 9.95. The highest BCUT2D eigenvalue weighted by Gasteiger charge is 2.25. The van der Waals surface area contributed by atoms with Crippen LogP contribution in [0, 0.1) is 5.92 Å². The molecule has 0 spiro atoms. The summed E-state index contributed by atoms with van der Waals surface area (Å²) >= 11 is 12.2. The van der Waals surface area contributed by atoms with E-state index in [1.807, 2.05) is 36.4 Å². The highest BCUT2D eigenvalue weighted by atomic mass is 35.5. The molecule has 1 saturated heterocycles. The van der Waals surface area contributed by atoms with Crippen molar-refractivity contribution in [2.24, 2.45) is 5.92 Å². The molecule has 26 heavy (non-hydrogen) atoms. The van der Waals surface area contributed by atoms with Gasteiger partial charge < -0.3 is 10.1 Å². The zero-order valence-electron chi connectivity index (χ0n) is 14.7. The molecule has 4 nitrogen and oxygen atoms in total. The van der Waals surface area contributed by atoms with E-state index in [1.54, 1.807) is 13.2 Å². The maximum absolute atomic E-state index is 12.5. The molecule has 2 aromatic rings. The number of ether oxygens (including phenoxy) is 1. The number of anilines is 1. The number of halogens is 2. The van der Waals surface area contributed by atoms with Crippen LogP contribution in [0.2, 0.25) is 10.0 Å². The van der Waals surface area contributed by atoms with Crippen LogP contribution < -0.4 is 10.1 Å². The number of hydrogen-bond acceptors (Lipinski definition) is 3. The van der Waals surface area contributed by atoms with Crippen molar-refractivity contribution >= 4 is 34.8 Å². The molecule has 1 heterocycles. The van der Waals surface area contributed by atoms with Gasteiger partial charge in [-0.3, -0.25) is 9.69 Å². The molecule has 1 aliphatic heterocycles. The van der Waals surface area contributed by atoms with Crippen LogP contribution in [0.15, 0.2) is 42.5 Å². The molecule has 1 aliphatic rings. The van der Waals surface area contributed by atoms with E-state index >= 15 is 0 Å². The van der Waals surface area contributed by atoms with Gasteiger partial charge in [-0.1, -0.05) is 35.3 Å². The van der Waals surface area contributed by atoms with E-state index in [9.17, 15) is 4.79 Å². The molecule has 138 valence electrons. The summed E-state index contributed by atoms with van der Waals surface area (Å²) in [5.41, 5.74) is 1.83. The zero-order valence-corrected chi connectivity index (χ0v) is 16.2. The van der Waals surface area contributed by atoms with E-state index in [0.717, 1.165) is 49.5 Å². The number of likely N-dealkylation sites (tertiary alicyclic amines) is 1. The second-order valence-corrected chi connectivity index (χ2v) is 7.35. The summed E-state index contributed by atoms with van der Waals surface area (Å²) in [5.74, 6) is 0.832. The van der Waals surface area contributed by atoms with E-state index in [4.69, 9.17) is 27.9 Å². The van der Waals surface area contributed by atoms with Gasteiger partial charge in [-0.05, 0) is 55.8 Å². The summed E-state index contributed by atoms with van der Waals surface area (Å²) in [6.07, 6.45) is 1.67. The molecule has 0 atom stereocenters. The van der Waals surface area contributed by atoms with Gasteiger partial charge in [0.1, 0.15) is 5.75 Å². The van der Waals surface area contributed by atoms with Crippen molar-refractivity contribution in [3.05, 3.63) is 58.1 Å². The molecule has 2 aromatic carbocycles. The van der Waals surface area contributed by atoms with Gasteiger partial charge in [-0.15, -0.1) is 0 Å². The molecular weight excluding hydrogens is 371 g/mol. The lowest BCUT2D eigenvalue weighted by Gasteiger charge is -2.31. The van der Waals surface area contributed by atoms with Crippen molar-refractivity contribution in [3.63, 3.8) is 0 Å². The number of benzene rings is 2. The Morgan fingerprint density at radius 2 is 1.96 bits per heavy atom. The Morgan fingerprint density at radius 3 is 2.65 bits per heavy atom. The van der Waals surface area contributed by atoms with E-state index < -0.39 is 0 Å². The number of hydrogen-bond donors (Lipinski definition) is 1.